The first-order chi connectivity index (χ1) is 7.04. The number of nitrogens with two attached hydrogens (primary N) is 3. The SMILES string of the molecule is N/C=C\N(N)Cc1c(N)cc(F)cc1Cl. The van der Waals surface area contributed by atoms with Gasteiger partial charge in [-0.15, -0.1) is 0 Å². The third-order valence-corrected chi connectivity index (χ3v) is 2.15. The van der Waals surface area contributed by atoms with Gasteiger partial charge in [-0.25, -0.2) is 10.2 Å². The Morgan fingerprint density at radius 1 is 1.47 bits per heavy atom. The summed E-state index contributed by atoms with van der Waals surface area (Å²) in [5.41, 5.74) is 11.6. The monoisotopic (exact) mass is 230 g/mol. The van der Waals surface area contributed by atoms with Crippen molar-refractivity contribution in [1.29, 1.82) is 0 Å². The molecule has 82 valence electrons. The quantitative estimate of drug-likeness (QED) is 0.414. The summed E-state index contributed by atoms with van der Waals surface area (Å²) in [4.78, 5) is 0. The number of hydrogen-bond donors (Lipinski definition) is 3. The van der Waals surface area contributed by atoms with E-state index in [0.717, 1.165) is 0 Å². The third kappa shape index (κ3) is 3.00. The summed E-state index contributed by atoms with van der Waals surface area (Å²) in [7, 11) is 0. The normalized spacial score (nSPS) is 10.9. The molecule has 0 radical (unpaired) electrons. The molecule has 1 aromatic carbocycles. The van der Waals surface area contributed by atoms with E-state index in [1.165, 1.54) is 29.5 Å². The Morgan fingerprint density at radius 3 is 2.67 bits per heavy atom. The molecule has 6 N–H and O–H groups in total. The van der Waals surface area contributed by atoms with E-state index >= 15 is 0 Å². The Kier molecular flexibility index (Phi) is 3.76. The highest BCUT2D eigenvalue weighted by Gasteiger charge is 2.08. The number of hydrazine groups is 1. The summed E-state index contributed by atoms with van der Waals surface area (Å²) in [5.74, 6) is 5.08. The highest BCUT2D eigenvalue weighted by molar-refractivity contribution is 6.31. The van der Waals surface area contributed by atoms with Crippen LogP contribution in [0.25, 0.3) is 0 Å². The summed E-state index contributed by atoms with van der Waals surface area (Å²) in [5, 5.41) is 1.54. The molecule has 0 aliphatic heterocycles. The first-order valence-corrected chi connectivity index (χ1v) is 4.55. The van der Waals surface area contributed by atoms with Crippen molar-refractivity contribution in [1.82, 2.24) is 5.01 Å². The van der Waals surface area contributed by atoms with Gasteiger partial charge in [-0.05, 0) is 12.1 Å². The molecule has 0 bridgehead atoms. The second-order valence-electron chi connectivity index (χ2n) is 2.97. The minimum atomic E-state index is -0.473. The fourth-order valence-corrected chi connectivity index (χ4v) is 1.41. The molecule has 6 heteroatoms. The highest BCUT2D eigenvalue weighted by Crippen LogP contribution is 2.24. The van der Waals surface area contributed by atoms with Crippen LogP contribution in [-0.2, 0) is 6.54 Å². The topological polar surface area (TPSA) is 81.3 Å². The van der Waals surface area contributed by atoms with Crippen LogP contribution in [0, 0.1) is 5.82 Å². The lowest BCUT2D eigenvalue weighted by molar-refractivity contribution is 0.386. The van der Waals surface area contributed by atoms with Gasteiger partial charge in [-0.1, -0.05) is 11.6 Å². The summed E-state index contributed by atoms with van der Waals surface area (Å²) in [6, 6.07) is 2.38. The Hall–Kier alpha value is -1.46. The van der Waals surface area contributed by atoms with Crippen molar-refractivity contribution in [3.05, 3.63) is 40.9 Å². The van der Waals surface area contributed by atoms with Crippen molar-refractivity contribution in [2.24, 2.45) is 11.6 Å². The predicted octanol–water partition coefficient (Wildman–Crippen LogP) is 1.17. The van der Waals surface area contributed by atoms with E-state index in [2.05, 4.69) is 0 Å². The number of nitrogens with zero attached hydrogens (tertiary/aromatic N) is 1. The van der Waals surface area contributed by atoms with Crippen molar-refractivity contribution >= 4 is 17.3 Å². The Balaban J connectivity index is 2.94. The largest absolute Gasteiger partial charge is 0.403 e. The smallest absolute Gasteiger partial charge is 0.126 e. The molecule has 0 saturated carbocycles. The molecule has 15 heavy (non-hydrogen) atoms. The van der Waals surface area contributed by atoms with Gasteiger partial charge >= 0.3 is 0 Å². The van der Waals surface area contributed by atoms with Gasteiger partial charge in [0.15, 0.2) is 0 Å². The molecule has 1 rings (SSSR count). The second kappa shape index (κ2) is 4.86. The summed E-state index contributed by atoms with van der Waals surface area (Å²) < 4.78 is 12.9. The van der Waals surface area contributed by atoms with Crippen molar-refractivity contribution < 1.29 is 4.39 Å². The molecule has 0 fully saturated rings. The Bertz CT molecular complexity index is 357. The first-order valence-electron chi connectivity index (χ1n) is 4.17. The molecule has 0 amide bonds. The molecule has 0 aliphatic rings. The van der Waals surface area contributed by atoms with Crippen LogP contribution < -0.4 is 17.3 Å². The van der Waals surface area contributed by atoms with Gasteiger partial charge in [-0.3, -0.25) is 0 Å². The summed E-state index contributed by atoms with van der Waals surface area (Å²) in [6.07, 6.45) is 2.74. The summed E-state index contributed by atoms with van der Waals surface area (Å²) in [6.45, 7) is 0.263. The molecule has 0 unspecified atom stereocenters. The molecule has 0 heterocycles. The number of rotatable bonds is 3. The van der Waals surface area contributed by atoms with Crippen LogP contribution in [0.5, 0.6) is 0 Å². The van der Waals surface area contributed by atoms with E-state index in [-0.39, 0.29) is 17.3 Å². The summed E-state index contributed by atoms with van der Waals surface area (Å²) >= 11 is 5.82. The van der Waals surface area contributed by atoms with Gasteiger partial charge in [0.2, 0.25) is 0 Å². The van der Waals surface area contributed by atoms with Crippen molar-refractivity contribution in [2.45, 2.75) is 6.54 Å². The fraction of sp³-hybridized carbons (Fsp3) is 0.111. The van der Waals surface area contributed by atoms with E-state index in [1.54, 1.807) is 0 Å². The Morgan fingerprint density at radius 2 is 2.13 bits per heavy atom. The lowest BCUT2D eigenvalue weighted by Crippen LogP contribution is -2.25. The molecule has 4 nitrogen and oxygen atoms in total. The lowest BCUT2D eigenvalue weighted by Gasteiger charge is -2.15. The van der Waals surface area contributed by atoms with E-state index in [4.69, 9.17) is 28.9 Å². The van der Waals surface area contributed by atoms with Crippen LogP contribution in [0.4, 0.5) is 10.1 Å². The van der Waals surface area contributed by atoms with Crippen LogP contribution in [0.1, 0.15) is 5.56 Å². The van der Waals surface area contributed by atoms with Gasteiger partial charge in [0.25, 0.3) is 0 Å². The van der Waals surface area contributed by atoms with E-state index in [9.17, 15) is 4.39 Å². The number of nitrogen functional groups attached to an aromatic ring is 1. The average Bonchev–Trinajstić information content (AvgIpc) is 2.11. The van der Waals surface area contributed by atoms with Crippen LogP contribution in [-0.4, -0.2) is 5.01 Å². The molecule has 0 saturated heterocycles. The number of benzene rings is 1. The number of halogens is 2. The molecule has 0 atom stereocenters. The Labute approximate surface area is 92.1 Å². The molecular formula is C9H12ClFN4. The zero-order valence-corrected chi connectivity index (χ0v) is 8.71. The molecule has 0 spiro atoms. The van der Waals surface area contributed by atoms with Gasteiger partial charge in [0.05, 0.1) is 11.6 Å². The van der Waals surface area contributed by atoms with Crippen molar-refractivity contribution in [2.75, 3.05) is 5.73 Å². The van der Waals surface area contributed by atoms with E-state index in [1.807, 2.05) is 0 Å². The van der Waals surface area contributed by atoms with Crippen molar-refractivity contribution in [3.8, 4) is 0 Å². The fourth-order valence-electron chi connectivity index (χ4n) is 1.14. The maximum absolute atomic E-state index is 12.9. The first kappa shape index (κ1) is 11.6. The second-order valence-corrected chi connectivity index (χ2v) is 3.38. The molecular weight excluding hydrogens is 219 g/mol. The number of anilines is 1. The van der Waals surface area contributed by atoms with Crippen LogP contribution in [0.15, 0.2) is 24.5 Å². The standard InChI is InChI=1S/C9H12ClFN4/c10-8-3-6(11)4-9(13)7(8)5-15(14)2-1-12/h1-4H,5,12-14H2/b2-1-. The van der Waals surface area contributed by atoms with E-state index in [0.29, 0.717) is 5.56 Å². The minimum Gasteiger partial charge on any atom is -0.403 e. The number of hydrogen-bond acceptors (Lipinski definition) is 4. The van der Waals surface area contributed by atoms with E-state index < -0.39 is 5.82 Å². The average molecular weight is 231 g/mol. The zero-order chi connectivity index (χ0) is 11.4. The third-order valence-electron chi connectivity index (χ3n) is 1.81. The minimum absolute atomic E-state index is 0.244. The van der Waals surface area contributed by atoms with Crippen LogP contribution in [0.2, 0.25) is 5.02 Å². The van der Waals surface area contributed by atoms with Crippen LogP contribution in [0.3, 0.4) is 0 Å². The van der Waals surface area contributed by atoms with Gasteiger partial charge in [0.1, 0.15) is 5.82 Å². The maximum Gasteiger partial charge on any atom is 0.126 e. The predicted molar refractivity (Wildman–Crippen MR) is 58.9 cm³/mol. The van der Waals surface area contributed by atoms with Crippen LogP contribution >= 0.6 is 11.6 Å². The molecule has 1 aromatic rings. The molecule has 0 aromatic heterocycles. The van der Waals surface area contributed by atoms with Gasteiger partial charge < -0.3 is 16.5 Å². The zero-order valence-electron chi connectivity index (χ0n) is 7.95. The van der Waals surface area contributed by atoms with Gasteiger partial charge in [0, 0.05) is 23.7 Å². The molecule has 0 aliphatic carbocycles. The lowest BCUT2D eigenvalue weighted by atomic mass is 10.1. The highest BCUT2D eigenvalue weighted by atomic mass is 35.5. The maximum atomic E-state index is 12.9. The van der Waals surface area contributed by atoms with Gasteiger partial charge in [-0.2, -0.15) is 0 Å². The van der Waals surface area contributed by atoms with Crippen molar-refractivity contribution in [3.63, 3.8) is 0 Å².